The van der Waals surface area contributed by atoms with Crippen molar-refractivity contribution in [2.24, 2.45) is 0 Å². The van der Waals surface area contributed by atoms with Crippen LogP contribution in [0.3, 0.4) is 0 Å². The first kappa shape index (κ1) is 17.4. The fraction of sp³-hybridized carbons (Fsp3) is 0.333. The molecule has 0 atom stereocenters. The minimum absolute atomic E-state index is 0.404. The van der Waals surface area contributed by atoms with E-state index in [2.05, 4.69) is 27.2 Å². The lowest BCUT2D eigenvalue weighted by Crippen LogP contribution is -2.29. The summed E-state index contributed by atoms with van der Waals surface area (Å²) in [6.07, 6.45) is 3.85. The second kappa shape index (κ2) is 7.70. The third-order valence-electron chi connectivity index (χ3n) is 4.91. The Morgan fingerprint density at radius 3 is 2.41 bits per heavy atom. The van der Waals surface area contributed by atoms with Gasteiger partial charge >= 0.3 is 0 Å². The molecular formula is C21H23N3O3. The van der Waals surface area contributed by atoms with Crippen molar-refractivity contribution in [3.05, 3.63) is 42.5 Å². The van der Waals surface area contributed by atoms with Crippen molar-refractivity contribution in [1.29, 1.82) is 0 Å². The van der Waals surface area contributed by atoms with Crippen molar-refractivity contribution in [2.45, 2.75) is 19.3 Å². The van der Waals surface area contributed by atoms with Crippen molar-refractivity contribution < 1.29 is 14.0 Å². The number of hydrogen-bond donors (Lipinski definition) is 0. The minimum Gasteiger partial charge on any atom is -0.493 e. The lowest BCUT2D eigenvalue weighted by molar-refractivity contribution is 0.353. The van der Waals surface area contributed by atoms with Gasteiger partial charge in [0, 0.05) is 24.3 Å². The molecule has 1 aliphatic heterocycles. The van der Waals surface area contributed by atoms with E-state index in [4.69, 9.17) is 14.0 Å². The average molecular weight is 365 g/mol. The van der Waals surface area contributed by atoms with Crippen LogP contribution in [0.5, 0.6) is 11.5 Å². The smallest absolute Gasteiger partial charge is 0.262 e. The van der Waals surface area contributed by atoms with Crippen LogP contribution < -0.4 is 14.4 Å². The average Bonchev–Trinajstić information content (AvgIpc) is 3.24. The summed E-state index contributed by atoms with van der Waals surface area (Å²) in [6.45, 7) is 2.25. The Labute approximate surface area is 158 Å². The first-order valence-electron chi connectivity index (χ1n) is 9.20. The molecule has 1 saturated heterocycles. The highest BCUT2D eigenvalue weighted by molar-refractivity contribution is 5.69. The molecule has 0 bridgehead atoms. The largest absolute Gasteiger partial charge is 0.493 e. The summed E-state index contributed by atoms with van der Waals surface area (Å²) < 4.78 is 16.3. The molecule has 0 radical (unpaired) electrons. The number of rotatable bonds is 5. The number of piperidine rings is 1. The summed E-state index contributed by atoms with van der Waals surface area (Å²) in [5.74, 6) is 2.16. The maximum absolute atomic E-state index is 5.49. The van der Waals surface area contributed by atoms with E-state index < -0.39 is 0 Å². The summed E-state index contributed by atoms with van der Waals surface area (Å²) in [5, 5.41) is 4.14. The van der Waals surface area contributed by atoms with Gasteiger partial charge in [-0.15, -0.1) is 0 Å². The zero-order chi connectivity index (χ0) is 18.6. The molecule has 0 saturated carbocycles. The van der Waals surface area contributed by atoms with Crippen LogP contribution >= 0.6 is 0 Å². The van der Waals surface area contributed by atoms with E-state index in [1.54, 1.807) is 14.2 Å². The SMILES string of the molecule is COc1cccc(-c2nc(-c3ccc(N4CCCCC4)cc3)no2)c1OC. The van der Waals surface area contributed by atoms with Crippen LogP contribution in [-0.2, 0) is 0 Å². The first-order valence-corrected chi connectivity index (χ1v) is 9.20. The summed E-state index contributed by atoms with van der Waals surface area (Å²) in [5.41, 5.74) is 2.88. The van der Waals surface area contributed by atoms with Crippen LogP contribution in [-0.4, -0.2) is 37.4 Å². The standard InChI is InChI=1S/C21H23N3O3/c1-25-18-8-6-7-17(19(18)26-2)21-22-20(23-27-21)15-9-11-16(12-10-15)24-13-4-3-5-14-24/h6-12H,3-5,13-14H2,1-2H3. The van der Waals surface area contributed by atoms with Gasteiger partial charge in [0.15, 0.2) is 11.5 Å². The highest BCUT2D eigenvalue weighted by Gasteiger charge is 2.18. The van der Waals surface area contributed by atoms with Gasteiger partial charge in [0.2, 0.25) is 5.82 Å². The molecule has 1 fully saturated rings. The monoisotopic (exact) mass is 365 g/mol. The second-order valence-corrected chi connectivity index (χ2v) is 6.56. The summed E-state index contributed by atoms with van der Waals surface area (Å²) in [6, 6.07) is 13.9. The number of methoxy groups -OCH3 is 2. The molecule has 6 nitrogen and oxygen atoms in total. The van der Waals surface area contributed by atoms with Crippen molar-refractivity contribution in [2.75, 3.05) is 32.2 Å². The zero-order valence-corrected chi connectivity index (χ0v) is 15.6. The maximum Gasteiger partial charge on any atom is 0.262 e. The Hall–Kier alpha value is -3.02. The molecule has 140 valence electrons. The summed E-state index contributed by atoms with van der Waals surface area (Å²) in [4.78, 5) is 6.98. The number of nitrogens with zero attached hydrogens (tertiary/aromatic N) is 3. The molecule has 4 rings (SSSR count). The van der Waals surface area contributed by atoms with Crippen LogP contribution in [0.15, 0.2) is 47.0 Å². The van der Waals surface area contributed by atoms with Gasteiger partial charge in [-0.3, -0.25) is 0 Å². The Balaban J connectivity index is 1.60. The zero-order valence-electron chi connectivity index (χ0n) is 15.6. The number of ether oxygens (including phenoxy) is 2. The molecule has 2 aromatic carbocycles. The Bertz CT molecular complexity index is 899. The van der Waals surface area contributed by atoms with E-state index in [0.29, 0.717) is 28.8 Å². The van der Waals surface area contributed by atoms with Gasteiger partial charge in [0.05, 0.1) is 19.8 Å². The highest BCUT2D eigenvalue weighted by Crippen LogP contribution is 2.37. The molecule has 6 heteroatoms. The topological polar surface area (TPSA) is 60.6 Å². The van der Waals surface area contributed by atoms with Gasteiger partial charge in [-0.25, -0.2) is 0 Å². The Morgan fingerprint density at radius 1 is 0.926 bits per heavy atom. The molecule has 3 aromatic rings. The van der Waals surface area contributed by atoms with Crippen LogP contribution in [0.1, 0.15) is 19.3 Å². The van der Waals surface area contributed by atoms with Gasteiger partial charge in [-0.1, -0.05) is 11.2 Å². The van der Waals surface area contributed by atoms with Crippen LogP contribution in [0.25, 0.3) is 22.8 Å². The number of hydrogen-bond acceptors (Lipinski definition) is 6. The predicted molar refractivity (Wildman–Crippen MR) is 104 cm³/mol. The van der Waals surface area contributed by atoms with Gasteiger partial charge in [0.1, 0.15) is 0 Å². The van der Waals surface area contributed by atoms with Gasteiger partial charge < -0.3 is 18.9 Å². The summed E-state index contributed by atoms with van der Waals surface area (Å²) >= 11 is 0. The molecule has 0 unspecified atom stereocenters. The Morgan fingerprint density at radius 2 is 1.70 bits per heavy atom. The van der Waals surface area contributed by atoms with Crippen LogP contribution in [0.4, 0.5) is 5.69 Å². The van der Waals surface area contributed by atoms with E-state index >= 15 is 0 Å². The fourth-order valence-corrected chi connectivity index (χ4v) is 3.48. The number of benzene rings is 2. The molecule has 2 heterocycles. The highest BCUT2D eigenvalue weighted by atomic mass is 16.5. The molecule has 0 spiro atoms. The predicted octanol–water partition coefficient (Wildman–Crippen LogP) is 4.41. The molecule has 0 aliphatic carbocycles. The lowest BCUT2D eigenvalue weighted by atomic mass is 10.1. The minimum atomic E-state index is 0.404. The molecule has 1 aliphatic rings. The van der Waals surface area contributed by atoms with Gasteiger partial charge in [0.25, 0.3) is 5.89 Å². The van der Waals surface area contributed by atoms with Crippen molar-refractivity contribution >= 4 is 5.69 Å². The maximum atomic E-state index is 5.49. The van der Waals surface area contributed by atoms with E-state index in [1.807, 2.05) is 30.3 Å². The Kier molecular flexibility index (Phi) is 4.96. The molecule has 27 heavy (non-hydrogen) atoms. The van der Waals surface area contributed by atoms with E-state index in [9.17, 15) is 0 Å². The van der Waals surface area contributed by atoms with Crippen LogP contribution in [0, 0.1) is 0 Å². The lowest BCUT2D eigenvalue weighted by Gasteiger charge is -2.28. The number of para-hydroxylation sites is 1. The third-order valence-corrected chi connectivity index (χ3v) is 4.91. The normalized spacial score (nSPS) is 14.2. The molecule has 0 N–H and O–H groups in total. The van der Waals surface area contributed by atoms with E-state index in [0.717, 1.165) is 18.7 Å². The quantitative estimate of drug-likeness (QED) is 0.667. The van der Waals surface area contributed by atoms with E-state index in [1.165, 1.54) is 24.9 Å². The number of anilines is 1. The summed E-state index contributed by atoms with van der Waals surface area (Å²) in [7, 11) is 3.20. The van der Waals surface area contributed by atoms with Gasteiger partial charge in [-0.2, -0.15) is 4.98 Å². The van der Waals surface area contributed by atoms with E-state index in [-0.39, 0.29) is 0 Å². The second-order valence-electron chi connectivity index (χ2n) is 6.56. The van der Waals surface area contributed by atoms with Crippen LogP contribution in [0.2, 0.25) is 0 Å². The van der Waals surface area contributed by atoms with Crippen molar-refractivity contribution in [1.82, 2.24) is 10.1 Å². The van der Waals surface area contributed by atoms with Crippen molar-refractivity contribution in [3.63, 3.8) is 0 Å². The third kappa shape index (κ3) is 3.47. The molecule has 0 amide bonds. The van der Waals surface area contributed by atoms with Gasteiger partial charge in [-0.05, 0) is 55.7 Å². The first-order chi connectivity index (χ1) is 13.3. The fourth-order valence-electron chi connectivity index (χ4n) is 3.48. The molecule has 1 aromatic heterocycles. The molecular weight excluding hydrogens is 342 g/mol. The van der Waals surface area contributed by atoms with Crippen molar-refractivity contribution in [3.8, 4) is 34.3 Å². The number of aromatic nitrogens is 2.